The fourth-order valence-corrected chi connectivity index (χ4v) is 3.24. The first-order valence-corrected chi connectivity index (χ1v) is 9.85. The van der Waals surface area contributed by atoms with Crippen molar-refractivity contribution in [2.75, 3.05) is 26.7 Å². The topological polar surface area (TPSA) is 58.6 Å². The molecule has 1 aliphatic rings. The van der Waals surface area contributed by atoms with E-state index in [0.717, 1.165) is 44.5 Å². The highest BCUT2D eigenvalue weighted by Gasteiger charge is 2.22. The van der Waals surface area contributed by atoms with Crippen molar-refractivity contribution in [3.8, 4) is 5.75 Å². The molecule has 1 aromatic rings. The fraction of sp³-hybridized carbons (Fsp3) is 0.619. The monoisotopic (exact) mass is 396 g/mol. The molecule has 0 bridgehead atoms. The summed E-state index contributed by atoms with van der Waals surface area (Å²) in [5.41, 5.74) is 0.644. The molecular formula is C21H33ClN2O3. The van der Waals surface area contributed by atoms with E-state index in [4.69, 9.17) is 4.74 Å². The first kappa shape index (κ1) is 23.4. The van der Waals surface area contributed by atoms with Crippen molar-refractivity contribution in [3.63, 3.8) is 0 Å². The van der Waals surface area contributed by atoms with E-state index in [1.165, 1.54) is 6.42 Å². The van der Waals surface area contributed by atoms with Crippen LogP contribution in [0, 0.1) is 0 Å². The summed E-state index contributed by atoms with van der Waals surface area (Å²) in [4.78, 5) is 26.6. The Hall–Kier alpha value is -1.59. The zero-order valence-electron chi connectivity index (χ0n) is 16.5. The Balaban J connectivity index is 0.00000364. The number of unbranched alkanes of at least 4 members (excludes halogenated alkanes) is 2. The van der Waals surface area contributed by atoms with Crippen LogP contribution < -0.4 is 10.1 Å². The number of halogens is 1. The Labute approximate surface area is 169 Å². The number of carbonyl (C=O) groups excluding carboxylic acids is 2. The second-order valence-electron chi connectivity index (χ2n) is 6.97. The Morgan fingerprint density at radius 3 is 2.59 bits per heavy atom. The van der Waals surface area contributed by atoms with E-state index in [9.17, 15) is 9.59 Å². The zero-order valence-corrected chi connectivity index (χ0v) is 17.4. The minimum absolute atomic E-state index is 0. The third-order valence-corrected chi connectivity index (χ3v) is 4.94. The Morgan fingerprint density at radius 2 is 1.93 bits per heavy atom. The van der Waals surface area contributed by atoms with Gasteiger partial charge < -0.3 is 15.0 Å². The van der Waals surface area contributed by atoms with E-state index in [2.05, 4.69) is 12.2 Å². The number of likely N-dealkylation sites (N-methyl/N-ethyl adjacent to an activating group) is 1. The summed E-state index contributed by atoms with van der Waals surface area (Å²) in [6, 6.07) is 7.62. The van der Waals surface area contributed by atoms with Crippen LogP contribution >= 0.6 is 12.4 Å². The SMILES string of the molecule is CCCCCOc1ccc(C(=O)CCC(=O)N2CCCC(NC)C2)cc1.Cl. The lowest BCUT2D eigenvalue weighted by molar-refractivity contribution is -0.132. The summed E-state index contributed by atoms with van der Waals surface area (Å²) in [6.07, 6.45) is 6.04. The molecule has 2 rings (SSSR count). The molecule has 1 amide bonds. The molecule has 27 heavy (non-hydrogen) atoms. The van der Waals surface area contributed by atoms with Gasteiger partial charge in [-0.15, -0.1) is 12.4 Å². The number of carbonyl (C=O) groups is 2. The van der Waals surface area contributed by atoms with E-state index in [0.29, 0.717) is 18.2 Å². The Kier molecular flexibility index (Phi) is 11.1. The first-order chi connectivity index (χ1) is 12.6. The van der Waals surface area contributed by atoms with Crippen LogP contribution in [0.25, 0.3) is 0 Å². The molecule has 5 nitrogen and oxygen atoms in total. The molecule has 1 atom stereocenters. The van der Waals surface area contributed by atoms with Crippen molar-refractivity contribution in [2.24, 2.45) is 0 Å². The molecule has 6 heteroatoms. The summed E-state index contributed by atoms with van der Waals surface area (Å²) in [7, 11) is 1.93. The third kappa shape index (κ3) is 7.89. The molecule has 1 heterocycles. The van der Waals surface area contributed by atoms with Gasteiger partial charge in [-0.2, -0.15) is 0 Å². The highest BCUT2D eigenvalue weighted by molar-refractivity contribution is 5.98. The van der Waals surface area contributed by atoms with Gasteiger partial charge in [0, 0.05) is 37.5 Å². The lowest BCUT2D eigenvalue weighted by atomic mass is 10.0. The number of nitrogens with one attached hydrogen (secondary N) is 1. The minimum Gasteiger partial charge on any atom is -0.494 e. The summed E-state index contributed by atoms with van der Waals surface area (Å²) in [6.45, 7) is 4.41. The normalized spacial score (nSPS) is 16.5. The summed E-state index contributed by atoms with van der Waals surface area (Å²) in [5.74, 6) is 0.882. The van der Waals surface area contributed by atoms with Gasteiger partial charge in [-0.05, 0) is 50.6 Å². The van der Waals surface area contributed by atoms with Crippen molar-refractivity contribution in [3.05, 3.63) is 29.8 Å². The number of hydrogen-bond donors (Lipinski definition) is 1. The molecule has 1 N–H and O–H groups in total. The Bertz CT molecular complexity index is 577. The van der Waals surface area contributed by atoms with Crippen molar-refractivity contribution >= 4 is 24.1 Å². The number of hydrogen-bond acceptors (Lipinski definition) is 4. The summed E-state index contributed by atoms with van der Waals surface area (Å²) < 4.78 is 5.66. The second-order valence-corrected chi connectivity index (χ2v) is 6.97. The predicted molar refractivity (Wildman–Crippen MR) is 111 cm³/mol. The van der Waals surface area contributed by atoms with Gasteiger partial charge in [-0.25, -0.2) is 0 Å². The van der Waals surface area contributed by atoms with Gasteiger partial charge in [0.15, 0.2) is 5.78 Å². The molecular weight excluding hydrogens is 364 g/mol. The molecule has 1 fully saturated rings. The van der Waals surface area contributed by atoms with Crippen LogP contribution in [0.15, 0.2) is 24.3 Å². The lowest BCUT2D eigenvalue weighted by Crippen LogP contribution is -2.47. The maximum absolute atomic E-state index is 12.3. The molecule has 152 valence electrons. The van der Waals surface area contributed by atoms with Crippen LogP contribution in [0.4, 0.5) is 0 Å². The van der Waals surface area contributed by atoms with E-state index in [1.54, 1.807) is 12.1 Å². The number of ether oxygens (including phenoxy) is 1. The summed E-state index contributed by atoms with van der Waals surface area (Å²) >= 11 is 0. The average molecular weight is 397 g/mol. The van der Waals surface area contributed by atoms with E-state index in [1.807, 2.05) is 24.1 Å². The van der Waals surface area contributed by atoms with Crippen LogP contribution in [-0.2, 0) is 4.79 Å². The van der Waals surface area contributed by atoms with Crippen molar-refractivity contribution in [2.45, 2.75) is 57.9 Å². The largest absolute Gasteiger partial charge is 0.494 e. The average Bonchev–Trinajstić information content (AvgIpc) is 2.69. The van der Waals surface area contributed by atoms with Crippen molar-refractivity contribution < 1.29 is 14.3 Å². The number of piperidine rings is 1. The fourth-order valence-electron chi connectivity index (χ4n) is 3.24. The predicted octanol–water partition coefficient (Wildman–Crippen LogP) is 3.85. The van der Waals surface area contributed by atoms with Crippen molar-refractivity contribution in [1.29, 1.82) is 0 Å². The lowest BCUT2D eigenvalue weighted by Gasteiger charge is -2.32. The van der Waals surface area contributed by atoms with E-state index >= 15 is 0 Å². The quantitative estimate of drug-likeness (QED) is 0.482. The molecule has 0 aliphatic carbocycles. The van der Waals surface area contributed by atoms with Crippen LogP contribution in [0.3, 0.4) is 0 Å². The maximum atomic E-state index is 12.3. The zero-order chi connectivity index (χ0) is 18.8. The summed E-state index contributed by atoms with van der Waals surface area (Å²) in [5, 5.41) is 3.23. The van der Waals surface area contributed by atoms with Gasteiger partial charge in [0.25, 0.3) is 0 Å². The first-order valence-electron chi connectivity index (χ1n) is 9.85. The van der Waals surface area contributed by atoms with Crippen LogP contribution in [0.1, 0.15) is 62.2 Å². The molecule has 1 aromatic carbocycles. The van der Waals surface area contributed by atoms with Gasteiger partial charge in [-0.1, -0.05) is 19.8 Å². The van der Waals surface area contributed by atoms with Crippen molar-refractivity contribution in [1.82, 2.24) is 10.2 Å². The van der Waals surface area contributed by atoms with E-state index < -0.39 is 0 Å². The number of Topliss-reactive ketones (excluding diaryl/α,β-unsaturated/α-hetero) is 1. The van der Waals surface area contributed by atoms with Gasteiger partial charge in [0.05, 0.1) is 6.61 Å². The van der Waals surface area contributed by atoms with E-state index in [-0.39, 0.29) is 36.9 Å². The van der Waals surface area contributed by atoms with Gasteiger partial charge in [-0.3, -0.25) is 9.59 Å². The Morgan fingerprint density at radius 1 is 1.19 bits per heavy atom. The van der Waals surface area contributed by atoms with Crippen LogP contribution in [0.2, 0.25) is 0 Å². The number of rotatable bonds is 10. The minimum atomic E-state index is 0. The van der Waals surface area contributed by atoms with Crippen LogP contribution in [0.5, 0.6) is 5.75 Å². The second kappa shape index (κ2) is 12.7. The molecule has 1 saturated heterocycles. The number of benzene rings is 1. The van der Waals surface area contributed by atoms with Gasteiger partial charge in [0.2, 0.25) is 5.91 Å². The standard InChI is InChI=1S/C21H32N2O3.ClH/c1-3-4-5-15-26-19-10-8-17(9-11-19)20(24)12-13-21(25)23-14-6-7-18(16-23)22-2;/h8-11,18,22H,3-7,12-16H2,1-2H3;1H. The number of likely N-dealkylation sites (tertiary alicyclic amines) is 1. The van der Waals surface area contributed by atoms with Gasteiger partial charge in [0.1, 0.15) is 5.75 Å². The third-order valence-electron chi connectivity index (χ3n) is 4.94. The number of nitrogens with zero attached hydrogens (tertiary/aromatic N) is 1. The maximum Gasteiger partial charge on any atom is 0.223 e. The molecule has 1 unspecified atom stereocenters. The molecule has 0 radical (unpaired) electrons. The highest BCUT2D eigenvalue weighted by Crippen LogP contribution is 2.16. The number of amides is 1. The van der Waals surface area contributed by atoms with Crippen LogP contribution in [-0.4, -0.2) is 49.4 Å². The smallest absolute Gasteiger partial charge is 0.223 e. The molecule has 1 aliphatic heterocycles. The number of ketones is 1. The van der Waals surface area contributed by atoms with Gasteiger partial charge >= 0.3 is 0 Å². The molecule has 0 spiro atoms. The molecule has 0 aromatic heterocycles. The highest BCUT2D eigenvalue weighted by atomic mass is 35.5. The molecule has 0 saturated carbocycles.